The Labute approximate surface area is 136 Å². The molecule has 2 aromatic carbocycles. The third kappa shape index (κ3) is 3.98. The van der Waals surface area contributed by atoms with Gasteiger partial charge in [0.1, 0.15) is 5.75 Å². The van der Waals surface area contributed by atoms with Crippen molar-refractivity contribution in [3.05, 3.63) is 70.6 Å². The summed E-state index contributed by atoms with van der Waals surface area (Å²) < 4.78 is 94.0. The maximum atomic E-state index is 13.5. The lowest BCUT2D eigenvalue weighted by Gasteiger charge is -2.05. The van der Waals surface area contributed by atoms with Crippen molar-refractivity contribution in [3.63, 3.8) is 0 Å². The van der Waals surface area contributed by atoms with Gasteiger partial charge in [0.15, 0.2) is 29.1 Å². The van der Waals surface area contributed by atoms with Crippen molar-refractivity contribution in [2.45, 2.75) is 6.61 Å². The smallest absolute Gasteiger partial charge is 0.387 e. The molecular weight excluding hydrogens is 357 g/mol. The number of carbonyl (C=O) groups is 1. The standard InChI is InChI=1S/C16H7F7O2/c17-11-9(12(18)14(20)15(21)13(11)19)5-6-10(24)7-1-3-8(4-2-7)25-16(22)23/h1-6,16H/b6-5+. The van der Waals surface area contributed by atoms with E-state index in [-0.39, 0.29) is 11.3 Å². The van der Waals surface area contributed by atoms with E-state index >= 15 is 0 Å². The van der Waals surface area contributed by atoms with Gasteiger partial charge in [-0.3, -0.25) is 4.79 Å². The van der Waals surface area contributed by atoms with E-state index in [1.807, 2.05) is 0 Å². The van der Waals surface area contributed by atoms with E-state index in [4.69, 9.17) is 0 Å². The minimum Gasteiger partial charge on any atom is -0.435 e. The maximum absolute atomic E-state index is 13.5. The van der Waals surface area contributed by atoms with Crippen LogP contribution in [-0.4, -0.2) is 12.4 Å². The predicted octanol–water partition coefficient (Wildman–Crippen LogP) is 4.88. The van der Waals surface area contributed by atoms with Crippen LogP contribution >= 0.6 is 0 Å². The number of ketones is 1. The van der Waals surface area contributed by atoms with Crippen LogP contribution < -0.4 is 4.74 Å². The molecule has 0 fully saturated rings. The SMILES string of the molecule is O=C(/C=C/c1c(F)c(F)c(F)c(F)c1F)c1ccc(OC(F)F)cc1. The highest BCUT2D eigenvalue weighted by Crippen LogP contribution is 2.24. The number of allylic oxidation sites excluding steroid dienone is 1. The van der Waals surface area contributed by atoms with Crippen LogP contribution in [0.25, 0.3) is 6.08 Å². The highest BCUT2D eigenvalue weighted by Gasteiger charge is 2.24. The molecule has 0 saturated heterocycles. The Balaban J connectivity index is 2.26. The maximum Gasteiger partial charge on any atom is 0.387 e. The van der Waals surface area contributed by atoms with Crippen LogP contribution in [0.5, 0.6) is 5.75 Å². The zero-order chi connectivity index (χ0) is 18.7. The summed E-state index contributed by atoms with van der Waals surface area (Å²) >= 11 is 0. The average molecular weight is 364 g/mol. The number of benzene rings is 2. The summed E-state index contributed by atoms with van der Waals surface area (Å²) in [4.78, 5) is 11.8. The molecule has 0 amide bonds. The van der Waals surface area contributed by atoms with Gasteiger partial charge in [0.05, 0.1) is 5.56 Å². The first-order valence-electron chi connectivity index (χ1n) is 6.51. The predicted molar refractivity (Wildman–Crippen MR) is 72.7 cm³/mol. The van der Waals surface area contributed by atoms with Crippen molar-refractivity contribution in [1.29, 1.82) is 0 Å². The lowest BCUT2D eigenvalue weighted by molar-refractivity contribution is -0.0498. The highest BCUT2D eigenvalue weighted by atomic mass is 19.3. The van der Waals surface area contributed by atoms with E-state index < -0.39 is 47.0 Å². The van der Waals surface area contributed by atoms with Crippen molar-refractivity contribution in [2.75, 3.05) is 0 Å². The van der Waals surface area contributed by atoms with Crippen LogP contribution in [0, 0.1) is 29.1 Å². The quantitative estimate of drug-likeness (QED) is 0.249. The minimum absolute atomic E-state index is 0.0817. The van der Waals surface area contributed by atoms with Gasteiger partial charge in [0, 0.05) is 5.56 Å². The number of hydrogen-bond acceptors (Lipinski definition) is 2. The van der Waals surface area contributed by atoms with Crippen molar-refractivity contribution >= 4 is 11.9 Å². The van der Waals surface area contributed by atoms with Crippen molar-refractivity contribution in [2.24, 2.45) is 0 Å². The van der Waals surface area contributed by atoms with Crippen molar-refractivity contribution < 1.29 is 40.3 Å². The molecule has 132 valence electrons. The normalized spacial score (nSPS) is 11.4. The number of rotatable bonds is 5. The first-order chi connectivity index (χ1) is 11.7. The van der Waals surface area contributed by atoms with Crippen molar-refractivity contribution in [3.8, 4) is 5.75 Å². The summed E-state index contributed by atoms with van der Waals surface area (Å²) in [5.41, 5.74) is -1.36. The third-order valence-corrected chi connectivity index (χ3v) is 3.01. The molecule has 0 aliphatic rings. The van der Waals surface area contributed by atoms with Gasteiger partial charge in [-0.25, -0.2) is 22.0 Å². The highest BCUT2D eigenvalue weighted by molar-refractivity contribution is 6.06. The number of carbonyl (C=O) groups excluding carboxylic acids is 1. The first kappa shape index (κ1) is 18.5. The second-order valence-corrected chi connectivity index (χ2v) is 4.58. The van der Waals surface area contributed by atoms with Gasteiger partial charge in [-0.2, -0.15) is 8.78 Å². The Hall–Kier alpha value is -2.84. The third-order valence-electron chi connectivity index (χ3n) is 3.01. The molecule has 0 saturated carbocycles. The lowest BCUT2D eigenvalue weighted by atomic mass is 10.1. The molecule has 2 rings (SSSR count). The zero-order valence-electron chi connectivity index (χ0n) is 12.0. The molecule has 0 aliphatic carbocycles. The Morgan fingerprint density at radius 1 is 0.840 bits per heavy atom. The molecule has 0 unspecified atom stereocenters. The van der Waals surface area contributed by atoms with E-state index in [9.17, 15) is 35.5 Å². The van der Waals surface area contributed by atoms with Gasteiger partial charge in [0.25, 0.3) is 0 Å². The average Bonchev–Trinajstić information content (AvgIpc) is 2.58. The molecule has 0 radical (unpaired) electrons. The number of hydrogen-bond donors (Lipinski definition) is 0. The molecule has 0 aliphatic heterocycles. The van der Waals surface area contributed by atoms with Crippen molar-refractivity contribution in [1.82, 2.24) is 0 Å². The van der Waals surface area contributed by atoms with Gasteiger partial charge in [0.2, 0.25) is 5.82 Å². The Bertz CT molecular complexity index is 800. The fourth-order valence-corrected chi connectivity index (χ4v) is 1.82. The van der Waals surface area contributed by atoms with Gasteiger partial charge < -0.3 is 4.74 Å². The summed E-state index contributed by atoms with van der Waals surface area (Å²) in [6.45, 7) is -3.06. The summed E-state index contributed by atoms with van der Waals surface area (Å²) in [6, 6.07) is 4.27. The minimum atomic E-state index is -3.06. The first-order valence-corrected chi connectivity index (χ1v) is 6.51. The van der Waals surface area contributed by atoms with E-state index in [1.165, 1.54) is 0 Å². The number of ether oxygens (including phenoxy) is 1. The summed E-state index contributed by atoms with van der Waals surface area (Å²) in [5.74, 6) is -11.8. The molecule has 25 heavy (non-hydrogen) atoms. The van der Waals surface area contributed by atoms with Crippen LogP contribution in [0.3, 0.4) is 0 Å². The topological polar surface area (TPSA) is 26.3 Å². The van der Waals surface area contributed by atoms with Gasteiger partial charge >= 0.3 is 6.61 Å². The molecule has 0 heterocycles. The largest absolute Gasteiger partial charge is 0.435 e. The molecular formula is C16H7F7O2. The Morgan fingerprint density at radius 3 is 1.80 bits per heavy atom. The second kappa shape index (κ2) is 7.37. The van der Waals surface area contributed by atoms with Gasteiger partial charge in [-0.1, -0.05) is 0 Å². The lowest BCUT2D eigenvalue weighted by Crippen LogP contribution is -2.04. The van der Waals surface area contributed by atoms with Gasteiger partial charge in [-0.05, 0) is 36.4 Å². The van der Waals surface area contributed by atoms with Crippen LogP contribution in [0.2, 0.25) is 0 Å². The Kier molecular flexibility index (Phi) is 5.45. The molecule has 0 aromatic heterocycles. The molecule has 2 nitrogen and oxygen atoms in total. The van der Waals surface area contributed by atoms with E-state index in [1.54, 1.807) is 0 Å². The molecule has 0 N–H and O–H groups in total. The Morgan fingerprint density at radius 2 is 1.32 bits per heavy atom. The second-order valence-electron chi connectivity index (χ2n) is 4.58. The monoisotopic (exact) mass is 364 g/mol. The van der Waals surface area contributed by atoms with Crippen LogP contribution in [0.1, 0.15) is 15.9 Å². The van der Waals surface area contributed by atoms with Crippen LogP contribution in [-0.2, 0) is 0 Å². The summed E-state index contributed by atoms with van der Waals surface area (Å²) in [7, 11) is 0. The molecule has 0 atom stereocenters. The fourth-order valence-electron chi connectivity index (χ4n) is 1.82. The van der Waals surface area contributed by atoms with Gasteiger partial charge in [-0.15, -0.1) is 0 Å². The van der Waals surface area contributed by atoms with E-state index in [2.05, 4.69) is 4.74 Å². The summed E-state index contributed by atoms with van der Waals surface area (Å²) in [5, 5.41) is 0. The number of halogens is 7. The number of alkyl halides is 2. The summed E-state index contributed by atoms with van der Waals surface area (Å²) in [6.07, 6.45) is 1.02. The molecule has 0 spiro atoms. The van der Waals surface area contributed by atoms with E-state index in [0.717, 1.165) is 24.3 Å². The molecule has 2 aromatic rings. The molecule has 0 bridgehead atoms. The van der Waals surface area contributed by atoms with Crippen LogP contribution in [0.15, 0.2) is 30.3 Å². The van der Waals surface area contributed by atoms with E-state index in [0.29, 0.717) is 12.2 Å². The zero-order valence-corrected chi connectivity index (χ0v) is 12.0. The fraction of sp³-hybridized carbons (Fsp3) is 0.0625. The molecule has 9 heteroatoms. The van der Waals surface area contributed by atoms with Crippen LogP contribution in [0.4, 0.5) is 30.7 Å².